The quantitative estimate of drug-likeness (QED) is 0.395. The fraction of sp³-hybridized carbons (Fsp3) is 0. The number of para-hydroxylation sites is 1. The number of halogens is 1. The molecule has 0 amide bonds. The summed E-state index contributed by atoms with van der Waals surface area (Å²) in [6.07, 6.45) is 0. The van der Waals surface area contributed by atoms with Crippen molar-refractivity contribution < 1.29 is 0 Å². The Bertz CT molecular complexity index is 980. The molecule has 0 fully saturated rings. The highest BCUT2D eigenvalue weighted by Crippen LogP contribution is 2.30. The van der Waals surface area contributed by atoms with E-state index in [1.54, 1.807) is 0 Å². The SMILES string of the molecule is Ic1ccc(Nc2cc(-c3ccccc3)nc3ccccc23)cc1. The number of pyridine rings is 1. The number of rotatable bonds is 3. The van der Waals surface area contributed by atoms with Gasteiger partial charge in [0.25, 0.3) is 0 Å². The van der Waals surface area contributed by atoms with Crippen LogP contribution < -0.4 is 5.32 Å². The topological polar surface area (TPSA) is 24.9 Å². The van der Waals surface area contributed by atoms with E-state index in [4.69, 9.17) is 4.98 Å². The number of anilines is 2. The van der Waals surface area contributed by atoms with Crippen molar-refractivity contribution in [1.29, 1.82) is 0 Å². The molecular weight excluding hydrogens is 407 g/mol. The Hall–Kier alpha value is -2.40. The largest absolute Gasteiger partial charge is 0.355 e. The van der Waals surface area contributed by atoms with Crippen molar-refractivity contribution in [2.75, 3.05) is 5.32 Å². The maximum atomic E-state index is 4.82. The Kier molecular flexibility index (Phi) is 4.17. The lowest BCUT2D eigenvalue weighted by Gasteiger charge is -2.12. The first kappa shape index (κ1) is 15.1. The van der Waals surface area contributed by atoms with Crippen LogP contribution in [-0.4, -0.2) is 4.98 Å². The molecule has 116 valence electrons. The van der Waals surface area contributed by atoms with Crippen LogP contribution >= 0.6 is 22.6 Å². The number of hydrogen-bond acceptors (Lipinski definition) is 2. The summed E-state index contributed by atoms with van der Waals surface area (Å²) in [7, 11) is 0. The highest BCUT2D eigenvalue weighted by molar-refractivity contribution is 14.1. The zero-order chi connectivity index (χ0) is 16.4. The van der Waals surface area contributed by atoms with E-state index in [-0.39, 0.29) is 0 Å². The number of benzene rings is 3. The van der Waals surface area contributed by atoms with Gasteiger partial charge in [-0.05, 0) is 59.0 Å². The smallest absolute Gasteiger partial charge is 0.0730 e. The molecule has 1 aromatic heterocycles. The molecule has 24 heavy (non-hydrogen) atoms. The van der Waals surface area contributed by atoms with Crippen LogP contribution in [0.4, 0.5) is 11.4 Å². The normalized spacial score (nSPS) is 10.7. The summed E-state index contributed by atoms with van der Waals surface area (Å²) in [5, 5.41) is 4.66. The van der Waals surface area contributed by atoms with E-state index in [0.717, 1.165) is 33.5 Å². The van der Waals surface area contributed by atoms with E-state index < -0.39 is 0 Å². The van der Waals surface area contributed by atoms with Crippen molar-refractivity contribution in [3.8, 4) is 11.3 Å². The molecule has 0 radical (unpaired) electrons. The monoisotopic (exact) mass is 422 g/mol. The van der Waals surface area contributed by atoms with Gasteiger partial charge in [0.15, 0.2) is 0 Å². The minimum absolute atomic E-state index is 0.974. The summed E-state index contributed by atoms with van der Waals surface area (Å²) in [5.41, 5.74) is 5.23. The second-order valence-electron chi connectivity index (χ2n) is 5.57. The number of nitrogens with zero attached hydrogens (tertiary/aromatic N) is 1. The molecule has 3 heteroatoms. The third kappa shape index (κ3) is 3.12. The second-order valence-corrected chi connectivity index (χ2v) is 6.82. The Morgan fingerprint density at radius 2 is 1.46 bits per heavy atom. The van der Waals surface area contributed by atoms with Crippen LogP contribution in [-0.2, 0) is 0 Å². The molecule has 4 rings (SSSR count). The number of aromatic nitrogens is 1. The lowest BCUT2D eigenvalue weighted by molar-refractivity contribution is 1.39. The summed E-state index contributed by atoms with van der Waals surface area (Å²) in [5.74, 6) is 0. The van der Waals surface area contributed by atoms with Crippen LogP contribution in [0.1, 0.15) is 0 Å². The van der Waals surface area contributed by atoms with E-state index in [9.17, 15) is 0 Å². The van der Waals surface area contributed by atoms with Crippen LogP contribution in [0, 0.1) is 3.57 Å². The first-order valence-corrected chi connectivity index (χ1v) is 8.85. The van der Waals surface area contributed by atoms with Gasteiger partial charge < -0.3 is 5.32 Å². The number of nitrogens with one attached hydrogen (secondary N) is 1. The molecule has 2 nitrogen and oxygen atoms in total. The molecule has 4 aromatic rings. The Morgan fingerprint density at radius 3 is 2.25 bits per heavy atom. The molecule has 3 aromatic carbocycles. The summed E-state index contributed by atoms with van der Waals surface area (Å²) < 4.78 is 1.22. The fourth-order valence-electron chi connectivity index (χ4n) is 2.72. The molecule has 0 saturated heterocycles. The number of hydrogen-bond donors (Lipinski definition) is 1. The van der Waals surface area contributed by atoms with Gasteiger partial charge in [-0.3, -0.25) is 0 Å². The molecule has 0 aliphatic rings. The van der Waals surface area contributed by atoms with Gasteiger partial charge >= 0.3 is 0 Å². The maximum Gasteiger partial charge on any atom is 0.0730 e. The lowest BCUT2D eigenvalue weighted by atomic mass is 10.1. The zero-order valence-corrected chi connectivity index (χ0v) is 15.1. The summed E-state index contributed by atoms with van der Waals surface area (Å²) in [6, 6.07) is 29.0. The fourth-order valence-corrected chi connectivity index (χ4v) is 3.08. The van der Waals surface area contributed by atoms with E-state index in [2.05, 4.69) is 82.5 Å². The third-order valence-electron chi connectivity index (χ3n) is 3.91. The molecule has 0 spiro atoms. The standard InChI is InChI=1S/C21H15IN2/c22-16-10-12-17(13-11-16)23-21-14-20(15-6-2-1-3-7-15)24-19-9-5-4-8-18(19)21/h1-14H,(H,23,24). The van der Waals surface area contributed by atoms with Crippen molar-refractivity contribution in [2.45, 2.75) is 0 Å². The van der Waals surface area contributed by atoms with Crippen LogP contribution in [0.15, 0.2) is 84.9 Å². The predicted molar refractivity (Wildman–Crippen MR) is 110 cm³/mol. The molecule has 1 N–H and O–H groups in total. The van der Waals surface area contributed by atoms with Crippen molar-refractivity contribution in [3.63, 3.8) is 0 Å². The average molecular weight is 422 g/mol. The molecule has 0 unspecified atom stereocenters. The molecule has 0 aliphatic carbocycles. The van der Waals surface area contributed by atoms with Gasteiger partial charge in [0, 0.05) is 20.2 Å². The molecular formula is C21H15IN2. The first-order valence-electron chi connectivity index (χ1n) is 7.77. The minimum Gasteiger partial charge on any atom is -0.355 e. The first-order chi connectivity index (χ1) is 11.8. The minimum atomic E-state index is 0.974. The van der Waals surface area contributed by atoms with Crippen molar-refractivity contribution in [2.24, 2.45) is 0 Å². The number of fused-ring (bicyclic) bond motifs is 1. The zero-order valence-electron chi connectivity index (χ0n) is 12.9. The molecule has 0 bridgehead atoms. The van der Waals surface area contributed by atoms with Gasteiger partial charge in [-0.1, -0.05) is 48.5 Å². The van der Waals surface area contributed by atoms with E-state index in [1.807, 2.05) is 30.3 Å². The van der Waals surface area contributed by atoms with Crippen LogP contribution in [0.5, 0.6) is 0 Å². The van der Waals surface area contributed by atoms with Gasteiger partial charge in [0.05, 0.1) is 16.9 Å². The Balaban J connectivity index is 1.85. The van der Waals surface area contributed by atoms with Crippen molar-refractivity contribution in [3.05, 3.63) is 88.5 Å². The van der Waals surface area contributed by atoms with Crippen LogP contribution in [0.2, 0.25) is 0 Å². The Labute approximate surface area is 154 Å². The third-order valence-corrected chi connectivity index (χ3v) is 4.63. The maximum absolute atomic E-state index is 4.82. The second kappa shape index (κ2) is 6.61. The van der Waals surface area contributed by atoms with Crippen LogP contribution in [0.25, 0.3) is 22.2 Å². The van der Waals surface area contributed by atoms with Gasteiger partial charge in [0.2, 0.25) is 0 Å². The van der Waals surface area contributed by atoms with E-state index in [1.165, 1.54) is 3.57 Å². The van der Waals surface area contributed by atoms with Crippen molar-refractivity contribution >= 4 is 44.9 Å². The van der Waals surface area contributed by atoms with Gasteiger partial charge in [-0.2, -0.15) is 0 Å². The molecule has 0 atom stereocenters. The summed E-state index contributed by atoms with van der Waals surface area (Å²) in [6.45, 7) is 0. The van der Waals surface area contributed by atoms with Gasteiger partial charge in [-0.15, -0.1) is 0 Å². The molecule has 1 heterocycles. The molecule has 0 saturated carbocycles. The highest BCUT2D eigenvalue weighted by Gasteiger charge is 2.07. The summed E-state index contributed by atoms with van der Waals surface area (Å²) in [4.78, 5) is 4.82. The van der Waals surface area contributed by atoms with Gasteiger partial charge in [0.1, 0.15) is 0 Å². The lowest BCUT2D eigenvalue weighted by Crippen LogP contribution is -1.95. The molecule has 0 aliphatic heterocycles. The van der Waals surface area contributed by atoms with Gasteiger partial charge in [-0.25, -0.2) is 4.98 Å². The van der Waals surface area contributed by atoms with E-state index >= 15 is 0 Å². The van der Waals surface area contributed by atoms with Crippen molar-refractivity contribution in [1.82, 2.24) is 4.98 Å². The average Bonchev–Trinajstić information content (AvgIpc) is 2.64. The van der Waals surface area contributed by atoms with E-state index in [0.29, 0.717) is 0 Å². The van der Waals surface area contributed by atoms with Crippen LogP contribution in [0.3, 0.4) is 0 Å². The summed E-state index contributed by atoms with van der Waals surface area (Å²) >= 11 is 2.32. The highest BCUT2D eigenvalue weighted by atomic mass is 127. The predicted octanol–water partition coefficient (Wildman–Crippen LogP) is 6.25. The Morgan fingerprint density at radius 1 is 0.750 bits per heavy atom.